The molecule has 0 bridgehead atoms. The van der Waals surface area contributed by atoms with Crippen molar-refractivity contribution in [3.8, 4) is 5.75 Å². The first kappa shape index (κ1) is 26.6. The maximum Gasteiger partial charge on any atom is 0.336 e. The Balaban J connectivity index is 1.56. The van der Waals surface area contributed by atoms with Crippen LogP contribution in [0.2, 0.25) is 0 Å². The van der Waals surface area contributed by atoms with E-state index in [1.54, 1.807) is 18.2 Å². The number of nitrogen functional groups attached to an aromatic ring is 2. The minimum atomic E-state index is -1.10. The maximum atomic E-state index is 13.4. The SMILES string of the molecule is CCC(C)(Oc1cc(N)cc(N)c1)c1ccc(NC(C)(C(=O)OCc2ccccc2)c2ccccc2)cc1. The van der Waals surface area contributed by atoms with Crippen molar-refractivity contribution in [3.05, 3.63) is 120 Å². The first-order valence-electron chi connectivity index (χ1n) is 12.7. The molecule has 4 aromatic rings. The zero-order valence-electron chi connectivity index (χ0n) is 22.1. The molecule has 0 aliphatic rings. The molecule has 38 heavy (non-hydrogen) atoms. The summed E-state index contributed by atoms with van der Waals surface area (Å²) < 4.78 is 12.1. The van der Waals surface area contributed by atoms with Crippen LogP contribution in [0.3, 0.4) is 0 Å². The molecule has 2 atom stereocenters. The summed E-state index contributed by atoms with van der Waals surface area (Å²) in [5.74, 6) is 0.254. The molecule has 6 nitrogen and oxygen atoms in total. The van der Waals surface area contributed by atoms with Gasteiger partial charge in [0.25, 0.3) is 0 Å². The van der Waals surface area contributed by atoms with Crippen LogP contribution in [0.15, 0.2) is 103 Å². The van der Waals surface area contributed by atoms with E-state index in [4.69, 9.17) is 20.9 Å². The van der Waals surface area contributed by atoms with Crippen molar-refractivity contribution < 1.29 is 14.3 Å². The number of hydrogen-bond donors (Lipinski definition) is 3. The van der Waals surface area contributed by atoms with Crippen molar-refractivity contribution in [2.45, 2.75) is 44.9 Å². The van der Waals surface area contributed by atoms with Crippen molar-refractivity contribution in [2.75, 3.05) is 16.8 Å². The smallest absolute Gasteiger partial charge is 0.336 e. The Kier molecular flexibility index (Phi) is 7.91. The van der Waals surface area contributed by atoms with Crippen LogP contribution in [-0.2, 0) is 27.3 Å². The second-order valence-corrected chi connectivity index (χ2v) is 9.78. The fourth-order valence-corrected chi connectivity index (χ4v) is 4.38. The van der Waals surface area contributed by atoms with E-state index in [1.807, 2.05) is 98.8 Å². The van der Waals surface area contributed by atoms with Crippen molar-refractivity contribution in [2.24, 2.45) is 0 Å². The zero-order valence-corrected chi connectivity index (χ0v) is 22.1. The van der Waals surface area contributed by atoms with Crippen LogP contribution in [0, 0.1) is 0 Å². The number of carbonyl (C=O) groups is 1. The third-order valence-electron chi connectivity index (χ3n) is 6.83. The van der Waals surface area contributed by atoms with Crippen LogP contribution >= 0.6 is 0 Å². The summed E-state index contributed by atoms with van der Waals surface area (Å²) in [6, 6.07) is 32.4. The molecule has 0 aromatic heterocycles. The van der Waals surface area contributed by atoms with Gasteiger partial charge < -0.3 is 26.3 Å². The molecule has 0 aliphatic carbocycles. The molecule has 0 amide bonds. The monoisotopic (exact) mass is 509 g/mol. The minimum absolute atomic E-state index is 0.198. The lowest BCUT2D eigenvalue weighted by atomic mass is 9.90. The number of nitrogens with one attached hydrogen (secondary N) is 1. The van der Waals surface area contributed by atoms with E-state index in [1.165, 1.54) is 0 Å². The van der Waals surface area contributed by atoms with Crippen molar-refractivity contribution in [1.82, 2.24) is 0 Å². The third kappa shape index (κ3) is 6.09. The molecule has 6 heteroatoms. The summed E-state index contributed by atoms with van der Waals surface area (Å²) in [5, 5.41) is 3.42. The van der Waals surface area contributed by atoms with Crippen LogP contribution in [0.5, 0.6) is 5.75 Å². The molecule has 4 aromatic carbocycles. The Morgan fingerprint density at radius 1 is 0.789 bits per heavy atom. The van der Waals surface area contributed by atoms with E-state index in [0.29, 0.717) is 17.1 Å². The molecule has 0 saturated carbocycles. The second kappa shape index (κ2) is 11.3. The van der Waals surface area contributed by atoms with Crippen molar-refractivity contribution in [3.63, 3.8) is 0 Å². The molecule has 0 saturated heterocycles. The largest absolute Gasteiger partial charge is 0.483 e. The Morgan fingerprint density at radius 3 is 1.95 bits per heavy atom. The summed E-state index contributed by atoms with van der Waals surface area (Å²) in [6.07, 6.45) is 0.724. The average molecular weight is 510 g/mol. The topological polar surface area (TPSA) is 99.6 Å². The third-order valence-corrected chi connectivity index (χ3v) is 6.83. The van der Waals surface area contributed by atoms with Gasteiger partial charge in [-0.25, -0.2) is 4.79 Å². The molecule has 0 heterocycles. The number of carbonyl (C=O) groups excluding carboxylic acids is 1. The summed E-state index contributed by atoms with van der Waals surface area (Å²) in [5.41, 5.74) is 14.8. The number of benzene rings is 4. The number of ether oxygens (including phenoxy) is 2. The lowest BCUT2D eigenvalue weighted by Crippen LogP contribution is -2.42. The Labute approximate surface area is 224 Å². The van der Waals surface area contributed by atoms with Crippen LogP contribution in [-0.4, -0.2) is 5.97 Å². The molecular formula is C32H35N3O3. The van der Waals surface area contributed by atoms with Gasteiger partial charge >= 0.3 is 5.97 Å². The van der Waals surface area contributed by atoms with Crippen LogP contribution < -0.4 is 21.5 Å². The van der Waals surface area contributed by atoms with Gasteiger partial charge in [-0.3, -0.25) is 0 Å². The Morgan fingerprint density at radius 2 is 1.37 bits per heavy atom. The zero-order chi connectivity index (χ0) is 27.2. The molecule has 0 fully saturated rings. The van der Waals surface area contributed by atoms with Gasteiger partial charge in [0.2, 0.25) is 0 Å². The van der Waals surface area contributed by atoms with Crippen LogP contribution in [0.4, 0.5) is 17.1 Å². The van der Waals surface area contributed by atoms with Gasteiger partial charge in [0.05, 0.1) is 0 Å². The van der Waals surface area contributed by atoms with E-state index < -0.39 is 11.1 Å². The second-order valence-electron chi connectivity index (χ2n) is 9.78. The van der Waals surface area contributed by atoms with E-state index in [0.717, 1.165) is 28.8 Å². The highest BCUT2D eigenvalue weighted by Crippen LogP contribution is 2.35. The quantitative estimate of drug-likeness (QED) is 0.164. The molecular weight excluding hydrogens is 474 g/mol. The predicted octanol–water partition coefficient (Wildman–Crippen LogP) is 6.63. The van der Waals surface area contributed by atoms with Crippen molar-refractivity contribution in [1.29, 1.82) is 0 Å². The molecule has 4 rings (SSSR count). The van der Waals surface area contributed by atoms with Crippen LogP contribution in [0.1, 0.15) is 43.9 Å². The molecule has 0 spiro atoms. The fourth-order valence-electron chi connectivity index (χ4n) is 4.38. The van der Waals surface area contributed by atoms with E-state index >= 15 is 0 Å². The first-order chi connectivity index (χ1) is 18.2. The summed E-state index contributed by atoms with van der Waals surface area (Å²) in [4.78, 5) is 13.4. The molecule has 0 radical (unpaired) electrons. The number of hydrogen-bond acceptors (Lipinski definition) is 6. The highest BCUT2D eigenvalue weighted by molar-refractivity contribution is 5.85. The normalized spacial score (nSPS) is 14.1. The van der Waals surface area contributed by atoms with Gasteiger partial charge in [0.15, 0.2) is 5.54 Å². The van der Waals surface area contributed by atoms with Crippen LogP contribution in [0.25, 0.3) is 0 Å². The van der Waals surface area contributed by atoms with E-state index in [2.05, 4.69) is 12.2 Å². The highest BCUT2D eigenvalue weighted by Gasteiger charge is 2.37. The first-order valence-corrected chi connectivity index (χ1v) is 12.7. The Hall–Kier alpha value is -4.45. The van der Waals surface area contributed by atoms with Gasteiger partial charge in [-0.1, -0.05) is 79.7 Å². The van der Waals surface area contributed by atoms with Gasteiger partial charge in [-0.15, -0.1) is 0 Å². The van der Waals surface area contributed by atoms with E-state index in [9.17, 15) is 4.79 Å². The lowest BCUT2D eigenvalue weighted by molar-refractivity contribution is -0.150. The van der Waals surface area contributed by atoms with Gasteiger partial charge in [-0.05, 0) is 55.2 Å². The number of nitrogens with two attached hydrogens (primary N) is 2. The molecule has 196 valence electrons. The maximum absolute atomic E-state index is 13.4. The molecule has 0 aliphatic heterocycles. The lowest BCUT2D eigenvalue weighted by Gasteiger charge is -2.32. The highest BCUT2D eigenvalue weighted by atomic mass is 16.5. The van der Waals surface area contributed by atoms with Gasteiger partial charge in [0, 0.05) is 29.2 Å². The average Bonchev–Trinajstić information content (AvgIpc) is 2.92. The summed E-state index contributed by atoms with van der Waals surface area (Å²) in [7, 11) is 0. The minimum Gasteiger partial charge on any atom is -0.483 e. The summed E-state index contributed by atoms with van der Waals surface area (Å²) in [6.45, 7) is 6.14. The van der Waals surface area contributed by atoms with Crippen molar-refractivity contribution >= 4 is 23.0 Å². The van der Waals surface area contributed by atoms with Gasteiger partial charge in [-0.2, -0.15) is 0 Å². The predicted molar refractivity (Wildman–Crippen MR) is 154 cm³/mol. The summed E-state index contributed by atoms with van der Waals surface area (Å²) >= 11 is 0. The fraction of sp³-hybridized carbons (Fsp3) is 0.219. The standard InChI is InChI=1S/C32H35N3O3/c1-4-31(2,38-29-20-26(33)19-27(34)21-29)24-15-17-28(18-16-24)35-32(3,25-13-9-6-10-14-25)30(36)37-22-23-11-7-5-8-12-23/h5-21,35H,4,22,33-34H2,1-3H3. The number of esters is 1. The van der Waals surface area contributed by atoms with E-state index in [-0.39, 0.29) is 12.6 Å². The number of anilines is 3. The van der Waals surface area contributed by atoms with Gasteiger partial charge in [0.1, 0.15) is 18.0 Å². The molecule has 5 N–H and O–H groups in total. The molecule has 2 unspecified atom stereocenters. The number of rotatable bonds is 10. The Bertz CT molecular complexity index is 1340.